The lowest BCUT2D eigenvalue weighted by molar-refractivity contribution is -0.130. The number of benzene rings is 1. The van der Waals surface area contributed by atoms with Crippen molar-refractivity contribution in [2.45, 2.75) is 19.8 Å². The van der Waals surface area contributed by atoms with Crippen molar-refractivity contribution in [2.24, 2.45) is 5.92 Å². The monoisotopic (exact) mass is 329 g/mol. The maximum atomic E-state index is 12.3. The molecule has 24 heavy (non-hydrogen) atoms. The zero-order valence-corrected chi connectivity index (χ0v) is 14.1. The first-order chi connectivity index (χ1) is 11.4. The van der Waals surface area contributed by atoms with Gasteiger partial charge in [-0.25, -0.2) is 0 Å². The summed E-state index contributed by atoms with van der Waals surface area (Å²) in [4.78, 5) is 38.5. The molecule has 0 bridgehead atoms. The molecular weight excluding hydrogens is 306 g/mol. The third-order valence-corrected chi connectivity index (χ3v) is 4.35. The zero-order valence-electron chi connectivity index (χ0n) is 14.1. The number of nitrogens with zero attached hydrogens (tertiary/aromatic N) is 2. The van der Waals surface area contributed by atoms with Crippen molar-refractivity contribution in [3.8, 4) is 0 Å². The third-order valence-electron chi connectivity index (χ3n) is 4.35. The summed E-state index contributed by atoms with van der Waals surface area (Å²) in [6.07, 6.45) is 2.60. The number of nitrogens with one attached hydrogen (secondary N) is 1. The maximum Gasteiger partial charge on any atom is 0.245 e. The van der Waals surface area contributed by atoms with Crippen LogP contribution in [0.15, 0.2) is 36.9 Å². The van der Waals surface area contributed by atoms with Gasteiger partial charge in [-0.2, -0.15) is 0 Å². The van der Waals surface area contributed by atoms with Gasteiger partial charge in [-0.15, -0.1) is 0 Å². The molecule has 0 aliphatic carbocycles. The Balaban J connectivity index is 1.90. The fourth-order valence-corrected chi connectivity index (χ4v) is 2.69. The van der Waals surface area contributed by atoms with Crippen molar-refractivity contribution < 1.29 is 14.4 Å². The quantitative estimate of drug-likeness (QED) is 0.859. The summed E-state index contributed by atoms with van der Waals surface area (Å²) < 4.78 is 0. The summed E-state index contributed by atoms with van der Waals surface area (Å²) in [7, 11) is 1.70. The highest BCUT2D eigenvalue weighted by molar-refractivity contribution is 5.94. The van der Waals surface area contributed by atoms with Gasteiger partial charge in [0.25, 0.3) is 0 Å². The van der Waals surface area contributed by atoms with E-state index in [1.165, 1.54) is 17.9 Å². The Hall–Kier alpha value is -2.63. The molecule has 0 unspecified atom stereocenters. The van der Waals surface area contributed by atoms with Gasteiger partial charge in [-0.1, -0.05) is 6.58 Å². The molecule has 1 saturated heterocycles. The molecule has 0 aromatic heterocycles. The largest absolute Gasteiger partial charge is 0.339 e. The lowest BCUT2D eigenvalue weighted by atomic mass is 9.95. The molecule has 2 rings (SSSR count). The predicted molar refractivity (Wildman–Crippen MR) is 93.7 cm³/mol. The first-order valence-electron chi connectivity index (χ1n) is 7.99. The molecule has 3 amide bonds. The Morgan fingerprint density at radius 3 is 2.29 bits per heavy atom. The van der Waals surface area contributed by atoms with E-state index in [4.69, 9.17) is 0 Å². The van der Waals surface area contributed by atoms with Crippen molar-refractivity contribution in [3.05, 3.63) is 36.9 Å². The normalized spacial score (nSPS) is 14.8. The minimum atomic E-state index is -0.0987. The molecular formula is C18H23N3O3. The first kappa shape index (κ1) is 17.7. The standard InChI is InChI=1S/C18H23N3O3/c1-4-17(23)21-11-9-14(10-12-21)18(24)19-15-5-7-16(8-6-15)20(3)13(2)22/h4-8,14H,1,9-12H2,2-3H3,(H,19,24). The molecule has 0 spiro atoms. The van der Waals surface area contributed by atoms with E-state index in [9.17, 15) is 14.4 Å². The van der Waals surface area contributed by atoms with E-state index >= 15 is 0 Å². The topological polar surface area (TPSA) is 69.7 Å². The van der Waals surface area contributed by atoms with Gasteiger partial charge in [0.1, 0.15) is 0 Å². The van der Waals surface area contributed by atoms with E-state index in [0.717, 1.165) is 5.69 Å². The number of hydrogen-bond donors (Lipinski definition) is 1. The molecule has 6 heteroatoms. The number of carbonyl (C=O) groups excluding carboxylic acids is 3. The Kier molecular flexibility index (Phi) is 5.73. The van der Waals surface area contributed by atoms with Gasteiger partial charge >= 0.3 is 0 Å². The fourth-order valence-electron chi connectivity index (χ4n) is 2.69. The summed E-state index contributed by atoms with van der Waals surface area (Å²) in [5, 5.41) is 2.90. The van der Waals surface area contributed by atoms with E-state index in [0.29, 0.717) is 31.6 Å². The summed E-state index contributed by atoms with van der Waals surface area (Å²) in [6, 6.07) is 7.15. The Labute approximate surface area is 142 Å². The summed E-state index contributed by atoms with van der Waals surface area (Å²) in [5.74, 6) is -0.265. The zero-order chi connectivity index (χ0) is 17.7. The van der Waals surface area contributed by atoms with E-state index in [2.05, 4.69) is 11.9 Å². The lowest BCUT2D eigenvalue weighted by Crippen LogP contribution is -2.40. The number of carbonyl (C=O) groups is 3. The second-order valence-corrected chi connectivity index (χ2v) is 5.92. The average molecular weight is 329 g/mol. The van der Waals surface area contributed by atoms with E-state index in [1.807, 2.05) is 0 Å². The molecule has 1 aliphatic heterocycles. The van der Waals surface area contributed by atoms with Crippen LogP contribution in [0.2, 0.25) is 0 Å². The van der Waals surface area contributed by atoms with Crippen LogP contribution in [0.1, 0.15) is 19.8 Å². The van der Waals surface area contributed by atoms with Crippen molar-refractivity contribution >= 4 is 29.1 Å². The number of piperidine rings is 1. The van der Waals surface area contributed by atoms with Gasteiger partial charge in [-0.05, 0) is 43.2 Å². The molecule has 1 heterocycles. The fraction of sp³-hybridized carbons (Fsp3) is 0.389. The molecule has 0 saturated carbocycles. The number of likely N-dealkylation sites (tertiary alicyclic amines) is 1. The van der Waals surface area contributed by atoms with Crippen LogP contribution in [0.25, 0.3) is 0 Å². The molecule has 1 aliphatic rings. The molecule has 0 atom stereocenters. The SMILES string of the molecule is C=CC(=O)N1CCC(C(=O)Nc2ccc(N(C)C(C)=O)cc2)CC1. The predicted octanol–water partition coefficient (Wildman–Crippen LogP) is 2.03. The number of anilines is 2. The third kappa shape index (κ3) is 4.22. The first-order valence-corrected chi connectivity index (χ1v) is 7.99. The highest BCUT2D eigenvalue weighted by Gasteiger charge is 2.26. The molecule has 1 fully saturated rings. The molecule has 0 radical (unpaired) electrons. The second-order valence-electron chi connectivity index (χ2n) is 5.92. The molecule has 1 aromatic rings. The molecule has 1 N–H and O–H groups in total. The lowest BCUT2D eigenvalue weighted by Gasteiger charge is -2.30. The van der Waals surface area contributed by atoms with E-state index in [-0.39, 0.29) is 23.6 Å². The maximum absolute atomic E-state index is 12.3. The van der Waals surface area contributed by atoms with Crippen molar-refractivity contribution in [2.75, 3.05) is 30.4 Å². The highest BCUT2D eigenvalue weighted by atomic mass is 16.2. The number of rotatable bonds is 4. The van der Waals surface area contributed by atoms with Gasteiger partial charge in [0.2, 0.25) is 17.7 Å². The van der Waals surface area contributed by atoms with Gasteiger partial charge in [-0.3, -0.25) is 14.4 Å². The second kappa shape index (κ2) is 7.77. The summed E-state index contributed by atoms with van der Waals surface area (Å²) in [5.41, 5.74) is 1.47. The van der Waals surface area contributed by atoms with Gasteiger partial charge in [0.05, 0.1) is 0 Å². The van der Waals surface area contributed by atoms with Crippen molar-refractivity contribution in [3.63, 3.8) is 0 Å². The van der Waals surface area contributed by atoms with Gasteiger partial charge < -0.3 is 15.1 Å². The van der Waals surface area contributed by atoms with E-state index in [1.54, 1.807) is 36.2 Å². The molecule has 6 nitrogen and oxygen atoms in total. The Morgan fingerprint density at radius 1 is 1.21 bits per heavy atom. The smallest absolute Gasteiger partial charge is 0.245 e. The minimum absolute atomic E-state index is 0.0339. The Morgan fingerprint density at radius 2 is 1.79 bits per heavy atom. The van der Waals surface area contributed by atoms with Gasteiger partial charge in [0.15, 0.2) is 0 Å². The van der Waals surface area contributed by atoms with Gasteiger partial charge in [0, 0.05) is 44.4 Å². The molecule has 128 valence electrons. The van der Waals surface area contributed by atoms with Crippen molar-refractivity contribution in [1.29, 1.82) is 0 Å². The minimum Gasteiger partial charge on any atom is -0.339 e. The van der Waals surface area contributed by atoms with Crippen LogP contribution in [0, 0.1) is 5.92 Å². The van der Waals surface area contributed by atoms with Crippen LogP contribution >= 0.6 is 0 Å². The van der Waals surface area contributed by atoms with Crippen LogP contribution in [-0.4, -0.2) is 42.8 Å². The van der Waals surface area contributed by atoms with E-state index < -0.39 is 0 Å². The molecule has 1 aromatic carbocycles. The van der Waals surface area contributed by atoms with Crippen LogP contribution in [0.4, 0.5) is 11.4 Å². The summed E-state index contributed by atoms with van der Waals surface area (Å²) >= 11 is 0. The average Bonchev–Trinajstić information content (AvgIpc) is 2.61. The van der Waals surface area contributed by atoms with Crippen LogP contribution in [-0.2, 0) is 14.4 Å². The van der Waals surface area contributed by atoms with Crippen LogP contribution in [0.5, 0.6) is 0 Å². The number of amides is 3. The highest BCUT2D eigenvalue weighted by Crippen LogP contribution is 2.21. The van der Waals surface area contributed by atoms with Crippen molar-refractivity contribution in [1.82, 2.24) is 4.90 Å². The van der Waals surface area contributed by atoms with Crippen LogP contribution in [0.3, 0.4) is 0 Å². The summed E-state index contributed by atoms with van der Waals surface area (Å²) in [6.45, 7) is 6.13. The Bertz CT molecular complexity index is 631. The number of hydrogen-bond acceptors (Lipinski definition) is 3. The van der Waals surface area contributed by atoms with Crippen LogP contribution < -0.4 is 10.2 Å².